The number of ether oxygens (including phenoxy) is 1. The van der Waals surface area contributed by atoms with Crippen LogP contribution in [0.25, 0.3) is 0 Å². The maximum Gasteiger partial charge on any atom is 0.245 e. The van der Waals surface area contributed by atoms with E-state index >= 15 is 0 Å². The van der Waals surface area contributed by atoms with Crippen LogP contribution in [0.15, 0.2) is 60.7 Å². The summed E-state index contributed by atoms with van der Waals surface area (Å²) in [5, 5.41) is 0. The molecular formula is C24H28N2O3. The second-order valence-corrected chi connectivity index (χ2v) is 7.87. The van der Waals surface area contributed by atoms with Crippen LogP contribution < -0.4 is 4.74 Å². The zero-order valence-electron chi connectivity index (χ0n) is 16.7. The van der Waals surface area contributed by atoms with E-state index in [1.54, 1.807) is 4.90 Å². The third-order valence-corrected chi connectivity index (χ3v) is 5.80. The van der Waals surface area contributed by atoms with Crippen molar-refractivity contribution >= 4 is 11.8 Å². The number of para-hydroxylation sites is 1. The number of carbonyl (C=O) groups excluding carboxylic acids is 2. The largest absolute Gasteiger partial charge is 0.488 e. The molecule has 2 heterocycles. The third kappa shape index (κ3) is 4.78. The van der Waals surface area contributed by atoms with E-state index in [0.29, 0.717) is 25.8 Å². The minimum absolute atomic E-state index is 0.0329. The molecule has 2 aliphatic rings. The summed E-state index contributed by atoms with van der Waals surface area (Å²) in [5.41, 5.74) is 1.14. The summed E-state index contributed by atoms with van der Waals surface area (Å²) in [5.74, 6) is 0.892. The van der Waals surface area contributed by atoms with Crippen molar-refractivity contribution in [3.8, 4) is 5.75 Å². The van der Waals surface area contributed by atoms with Gasteiger partial charge in [-0.1, -0.05) is 48.5 Å². The van der Waals surface area contributed by atoms with Gasteiger partial charge in [-0.2, -0.15) is 0 Å². The molecule has 0 bridgehead atoms. The van der Waals surface area contributed by atoms with Crippen molar-refractivity contribution in [1.29, 1.82) is 0 Å². The molecule has 2 aromatic rings. The standard InChI is InChI=1S/C24H28N2O3/c27-23(14-13-19-9-3-1-4-10-19)26-18-21(29-20-11-5-2-6-12-20)17-22(26)24(28)25-15-7-8-16-25/h1-6,9-12,21-22H,7-8,13-18H2/t21-,22-/m0/s1. The van der Waals surface area contributed by atoms with Gasteiger partial charge in [0.1, 0.15) is 17.9 Å². The molecule has 2 amide bonds. The number of nitrogens with zero attached hydrogens (tertiary/aromatic N) is 2. The molecule has 0 unspecified atom stereocenters. The average molecular weight is 392 g/mol. The fourth-order valence-electron chi connectivity index (χ4n) is 4.27. The molecule has 2 atom stereocenters. The van der Waals surface area contributed by atoms with Crippen molar-refractivity contribution < 1.29 is 14.3 Å². The molecule has 0 spiro atoms. The van der Waals surface area contributed by atoms with E-state index in [4.69, 9.17) is 4.74 Å². The fraction of sp³-hybridized carbons (Fsp3) is 0.417. The first-order valence-electron chi connectivity index (χ1n) is 10.5. The first-order chi connectivity index (χ1) is 14.2. The van der Waals surface area contributed by atoms with Crippen molar-refractivity contribution in [1.82, 2.24) is 9.80 Å². The summed E-state index contributed by atoms with van der Waals surface area (Å²) in [4.78, 5) is 29.8. The van der Waals surface area contributed by atoms with Crippen LogP contribution in [0.4, 0.5) is 0 Å². The van der Waals surface area contributed by atoms with E-state index in [0.717, 1.165) is 37.2 Å². The summed E-state index contributed by atoms with van der Waals surface area (Å²) in [6.07, 6.45) is 3.59. The molecule has 29 heavy (non-hydrogen) atoms. The molecule has 4 rings (SSSR count). The summed E-state index contributed by atoms with van der Waals surface area (Å²) >= 11 is 0. The Bertz CT molecular complexity index is 819. The molecule has 5 nitrogen and oxygen atoms in total. The van der Waals surface area contributed by atoms with Crippen LogP contribution in [-0.2, 0) is 16.0 Å². The lowest BCUT2D eigenvalue weighted by atomic mass is 10.1. The molecule has 0 N–H and O–H groups in total. The predicted molar refractivity (Wildman–Crippen MR) is 112 cm³/mol. The second kappa shape index (κ2) is 9.12. The van der Waals surface area contributed by atoms with Gasteiger partial charge >= 0.3 is 0 Å². The normalized spacial score (nSPS) is 21.4. The number of amides is 2. The molecular weight excluding hydrogens is 364 g/mol. The molecule has 0 saturated carbocycles. The molecule has 0 aliphatic carbocycles. The lowest BCUT2D eigenvalue weighted by Crippen LogP contribution is -2.47. The number of hydrogen-bond donors (Lipinski definition) is 0. The zero-order valence-corrected chi connectivity index (χ0v) is 16.7. The molecule has 0 aromatic heterocycles. The van der Waals surface area contributed by atoms with E-state index in [2.05, 4.69) is 0 Å². The lowest BCUT2D eigenvalue weighted by molar-refractivity contribution is -0.143. The zero-order chi connectivity index (χ0) is 20.1. The highest BCUT2D eigenvalue weighted by Gasteiger charge is 2.42. The summed E-state index contributed by atoms with van der Waals surface area (Å²) < 4.78 is 6.10. The van der Waals surface area contributed by atoms with Crippen LogP contribution in [-0.4, -0.2) is 53.4 Å². The first-order valence-corrected chi connectivity index (χ1v) is 10.5. The number of hydrogen-bond acceptors (Lipinski definition) is 3. The number of rotatable bonds is 6. The lowest BCUT2D eigenvalue weighted by Gasteiger charge is -2.27. The number of benzene rings is 2. The van der Waals surface area contributed by atoms with Crippen molar-refractivity contribution in [2.24, 2.45) is 0 Å². The molecule has 5 heteroatoms. The molecule has 152 valence electrons. The topological polar surface area (TPSA) is 49.9 Å². The maximum absolute atomic E-state index is 13.1. The van der Waals surface area contributed by atoms with Gasteiger partial charge in [0, 0.05) is 25.9 Å². The highest BCUT2D eigenvalue weighted by atomic mass is 16.5. The van der Waals surface area contributed by atoms with Gasteiger partial charge in [-0.15, -0.1) is 0 Å². The Morgan fingerprint density at radius 1 is 0.931 bits per heavy atom. The summed E-state index contributed by atoms with van der Waals surface area (Å²) in [6.45, 7) is 2.06. The Kier molecular flexibility index (Phi) is 6.13. The average Bonchev–Trinajstić information content (AvgIpc) is 3.43. The number of carbonyl (C=O) groups is 2. The van der Waals surface area contributed by atoms with Crippen LogP contribution in [0.3, 0.4) is 0 Å². The van der Waals surface area contributed by atoms with E-state index in [1.165, 1.54) is 0 Å². The fourth-order valence-corrected chi connectivity index (χ4v) is 4.27. The van der Waals surface area contributed by atoms with Crippen LogP contribution in [0.5, 0.6) is 5.75 Å². The first kappa shape index (κ1) is 19.5. The Balaban J connectivity index is 1.44. The van der Waals surface area contributed by atoms with E-state index in [1.807, 2.05) is 65.6 Å². The van der Waals surface area contributed by atoms with Gasteiger partial charge in [0.15, 0.2) is 0 Å². The maximum atomic E-state index is 13.1. The van der Waals surface area contributed by atoms with Crippen molar-refractivity contribution in [2.45, 2.75) is 44.2 Å². The summed E-state index contributed by atoms with van der Waals surface area (Å²) in [7, 11) is 0. The Hall–Kier alpha value is -2.82. The highest BCUT2D eigenvalue weighted by molar-refractivity contribution is 5.88. The smallest absolute Gasteiger partial charge is 0.245 e. The Morgan fingerprint density at radius 3 is 2.28 bits per heavy atom. The molecule has 0 radical (unpaired) electrons. The van der Waals surface area contributed by atoms with Gasteiger partial charge in [0.05, 0.1) is 6.54 Å². The predicted octanol–water partition coefficient (Wildman–Crippen LogP) is 3.29. The van der Waals surface area contributed by atoms with Crippen LogP contribution in [0.1, 0.15) is 31.2 Å². The second-order valence-electron chi connectivity index (χ2n) is 7.87. The SMILES string of the molecule is O=C([C@@H]1C[C@H](Oc2ccccc2)CN1C(=O)CCc1ccccc1)N1CCCC1. The van der Waals surface area contributed by atoms with Gasteiger partial charge in [0.2, 0.25) is 11.8 Å². The van der Waals surface area contributed by atoms with Crippen LogP contribution in [0, 0.1) is 0 Å². The molecule has 2 aromatic carbocycles. The molecule has 2 aliphatic heterocycles. The quantitative estimate of drug-likeness (QED) is 0.758. The highest BCUT2D eigenvalue weighted by Crippen LogP contribution is 2.26. The monoisotopic (exact) mass is 392 g/mol. The minimum Gasteiger partial charge on any atom is -0.488 e. The van der Waals surface area contributed by atoms with E-state index < -0.39 is 6.04 Å². The Morgan fingerprint density at radius 2 is 1.59 bits per heavy atom. The minimum atomic E-state index is -0.412. The molecule has 2 fully saturated rings. The van der Waals surface area contributed by atoms with Gasteiger partial charge in [0.25, 0.3) is 0 Å². The van der Waals surface area contributed by atoms with Crippen LogP contribution in [0.2, 0.25) is 0 Å². The third-order valence-electron chi connectivity index (χ3n) is 5.80. The summed E-state index contributed by atoms with van der Waals surface area (Å²) in [6, 6.07) is 19.2. The van der Waals surface area contributed by atoms with Gasteiger partial charge in [-0.3, -0.25) is 9.59 Å². The van der Waals surface area contributed by atoms with Crippen molar-refractivity contribution in [3.05, 3.63) is 66.2 Å². The van der Waals surface area contributed by atoms with Gasteiger partial charge in [-0.25, -0.2) is 0 Å². The van der Waals surface area contributed by atoms with Gasteiger partial charge in [-0.05, 0) is 37.0 Å². The van der Waals surface area contributed by atoms with Gasteiger partial charge < -0.3 is 14.5 Å². The van der Waals surface area contributed by atoms with E-state index in [9.17, 15) is 9.59 Å². The van der Waals surface area contributed by atoms with Crippen molar-refractivity contribution in [3.63, 3.8) is 0 Å². The number of aryl methyl sites for hydroxylation is 1. The number of likely N-dealkylation sites (tertiary alicyclic amines) is 2. The van der Waals surface area contributed by atoms with Crippen molar-refractivity contribution in [2.75, 3.05) is 19.6 Å². The molecule has 2 saturated heterocycles. The van der Waals surface area contributed by atoms with Crippen LogP contribution >= 0.6 is 0 Å². The Labute approximate surface area is 172 Å². The van der Waals surface area contributed by atoms with E-state index in [-0.39, 0.29) is 17.9 Å².